The Balaban J connectivity index is 1.95. The number of hydrogen-bond acceptors (Lipinski definition) is 3. The first kappa shape index (κ1) is 17.9. The van der Waals surface area contributed by atoms with Gasteiger partial charge in [-0.2, -0.15) is 0 Å². The van der Waals surface area contributed by atoms with Crippen molar-refractivity contribution in [2.45, 2.75) is 19.4 Å². The molecule has 0 radical (unpaired) electrons. The van der Waals surface area contributed by atoms with E-state index in [0.717, 1.165) is 11.3 Å². The summed E-state index contributed by atoms with van der Waals surface area (Å²) < 4.78 is 10.4. The molecule has 2 amide bonds. The number of benzene rings is 2. The molecule has 2 rings (SSSR count). The molecule has 0 spiro atoms. The SMILES string of the molecule is COc1cccc(CC(C)NC(=O)Nc2cccc(Cl)c2OC)c1. The number of carbonyl (C=O) groups excluding carboxylic acids is 1. The number of para-hydroxylation sites is 1. The highest BCUT2D eigenvalue weighted by Crippen LogP contribution is 2.32. The monoisotopic (exact) mass is 348 g/mol. The zero-order valence-electron chi connectivity index (χ0n) is 13.9. The largest absolute Gasteiger partial charge is 0.497 e. The molecule has 0 aliphatic heterocycles. The standard InChI is InChI=1S/C18H21ClN2O3/c1-12(10-13-6-4-7-14(11-13)23-2)20-18(22)21-16-9-5-8-15(19)17(16)24-3/h4-9,11-12H,10H2,1-3H3,(H2,20,21,22). The van der Waals surface area contributed by atoms with Crippen LogP contribution in [0.5, 0.6) is 11.5 Å². The lowest BCUT2D eigenvalue weighted by molar-refractivity contribution is 0.249. The van der Waals surface area contributed by atoms with E-state index in [0.29, 0.717) is 22.9 Å². The second-order valence-corrected chi connectivity index (χ2v) is 5.78. The molecule has 0 bridgehead atoms. The van der Waals surface area contributed by atoms with Crippen LogP contribution in [-0.2, 0) is 6.42 Å². The Bertz CT molecular complexity index is 706. The lowest BCUT2D eigenvalue weighted by Gasteiger charge is -2.16. The maximum absolute atomic E-state index is 12.2. The summed E-state index contributed by atoms with van der Waals surface area (Å²) in [4.78, 5) is 12.2. The van der Waals surface area contributed by atoms with Crippen LogP contribution < -0.4 is 20.1 Å². The summed E-state index contributed by atoms with van der Waals surface area (Å²) in [5.74, 6) is 1.24. The first-order chi connectivity index (χ1) is 11.5. The summed E-state index contributed by atoms with van der Waals surface area (Å²) in [6, 6.07) is 12.6. The Morgan fingerprint density at radius 2 is 1.92 bits per heavy atom. The molecule has 5 nitrogen and oxygen atoms in total. The van der Waals surface area contributed by atoms with E-state index in [1.807, 2.05) is 31.2 Å². The Labute approximate surface area is 146 Å². The fraction of sp³-hybridized carbons (Fsp3) is 0.278. The second-order valence-electron chi connectivity index (χ2n) is 5.38. The van der Waals surface area contributed by atoms with Gasteiger partial charge in [0.1, 0.15) is 5.75 Å². The molecule has 0 fully saturated rings. The molecule has 0 aromatic heterocycles. The normalized spacial score (nSPS) is 11.5. The molecule has 1 atom stereocenters. The van der Waals surface area contributed by atoms with Gasteiger partial charge >= 0.3 is 6.03 Å². The second kappa shape index (κ2) is 8.45. The van der Waals surface area contributed by atoms with Gasteiger partial charge in [-0.25, -0.2) is 4.79 Å². The van der Waals surface area contributed by atoms with Gasteiger partial charge in [-0.1, -0.05) is 29.8 Å². The summed E-state index contributed by atoms with van der Waals surface area (Å²) in [5, 5.41) is 6.10. The van der Waals surface area contributed by atoms with Crippen LogP contribution in [-0.4, -0.2) is 26.3 Å². The summed E-state index contributed by atoms with van der Waals surface area (Å²) >= 11 is 6.05. The Hall–Kier alpha value is -2.40. The molecular weight excluding hydrogens is 328 g/mol. The van der Waals surface area contributed by atoms with Crippen LogP contribution in [0.3, 0.4) is 0 Å². The molecule has 0 saturated heterocycles. The highest BCUT2D eigenvalue weighted by molar-refractivity contribution is 6.32. The summed E-state index contributed by atoms with van der Waals surface area (Å²) in [5.41, 5.74) is 1.61. The number of hydrogen-bond donors (Lipinski definition) is 2. The maximum atomic E-state index is 12.2. The zero-order chi connectivity index (χ0) is 17.5. The van der Waals surface area contributed by atoms with Gasteiger partial charge in [-0.05, 0) is 43.2 Å². The van der Waals surface area contributed by atoms with Crippen LogP contribution in [0.4, 0.5) is 10.5 Å². The number of halogens is 1. The van der Waals surface area contributed by atoms with Crippen LogP contribution in [0.25, 0.3) is 0 Å². The molecular formula is C18H21ClN2O3. The lowest BCUT2D eigenvalue weighted by atomic mass is 10.1. The molecule has 6 heteroatoms. The molecule has 0 aliphatic carbocycles. The van der Waals surface area contributed by atoms with Crippen molar-refractivity contribution in [2.24, 2.45) is 0 Å². The van der Waals surface area contributed by atoms with Crippen molar-refractivity contribution >= 4 is 23.3 Å². The zero-order valence-corrected chi connectivity index (χ0v) is 14.7. The van der Waals surface area contributed by atoms with E-state index in [-0.39, 0.29) is 12.1 Å². The summed E-state index contributed by atoms with van der Waals surface area (Å²) in [7, 11) is 3.14. The van der Waals surface area contributed by atoms with Crippen molar-refractivity contribution in [1.29, 1.82) is 0 Å². The number of urea groups is 1. The third-order valence-electron chi connectivity index (χ3n) is 3.47. The van der Waals surface area contributed by atoms with Gasteiger partial charge in [-0.3, -0.25) is 0 Å². The number of methoxy groups -OCH3 is 2. The first-order valence-electron chi connectivity index (χ1n) is 7.56. The Morgan fingerprint density at radius 1 is 1.17 bits per heavy atom. The highest BCUT2D eigenvalue weighted by Gasteiger charge is 2.12. The van der Waals surface area contributed by atoms with Crippen molar-refractivity contribution < 1.29 is 14.3 Å². The van der Waals surface area contributed by atoms with E-state index in [2.05, 4.69) is 10.6 Å². The predicted octanol–water partition coefficient (Wildman–Crippen LogP) is 4.11. The predicted molar refractivity (Wildman–Crippen MR) is 96.3 cm³/mol. The Kier molecular flexibility index (Phi) is 6.32. The molecule has 2 aromatic carbocycles. The molecule has 24 heavy (non-hydrogen) atoms. The lowest BCUT2D eigenvalue weighted by Crippen LogP contribution is -2.37. The van der Waals surface area contributed by atoms with E-state index in [1.54, 1.807) is 25.3 Å². The van der Waals surface area contributed by atoms with Gasteiger partial charge in [0.25, 0.3) is 0 Å². The summed E-state index contributed by atoms with van der Waals surface area (Å²) in [6.07, 6.45) is 0.692. The molecule has 0 saturated carbocycles. The van der Waals surface area contributed by atoms with Crippen LogP contribution in [0.1, 0.15) is 12.5 Å². The van der Waals surface area contributed by atoms with Gasteiger partial charge in [0.15, 0.2) is 5.75 Å². The third-order valence-corrected chi connectivity index (χ3v) is 3.77. The third kappa shape index (κ3) is 4.80. The van der Waals surface area contributed by atoms with Crippen LogP contribution in [0.2, 0.25) is 5.02 Å². The smallest absolute Gasteiger partial charge is 0.319 e. The number of carbonyl (C=O) groups is 1. The van der Waals surface area contributed by atoms with E-state index >= 15 is 0 Å². The van der Waals surface area contributed by atoms with Crippen molar-refractivity contribution in [2.75, 3.05) is 19.5 Å². The van der Waals surface area contributed by atoms with Crippen LogP contribution >= 0.6 is 11.6 Å². The molecule has 0 heterocycles. The number of nitrogens with one attached hydrogen (secondary N) is 2. The quantitative estimate of drug-likeness (QED) is 0.825. The van der Waals surface area contributed by atoms with Crippen LogP contribution in [0, 0.1) is 0 Å². The topological polar surface area (TPSA) is 59.6 Å². The van der Waals surface area contributed by atoms with E-state index < -0.39 is 0 Å². The molecule has 2 N–H and O–H groups in total. The van der Waals surface area contributed by atoms with E-state index in [9.17, 15) is 4.79 Å². The minimum atomic E-state index is -0.314. The summed E-state index contributed by atoms with van der Waals surface area (Å²) in [6.45, 7) is 1.94. The average Bonchev–Trinajstić information content (AvgIpc) is 2.55. The van der Waals surface area contributed by atoms with Gasteiger partial charge in [0.05, 0.1) is 24.9 Å². The minimum Gasteiger partial charge on any atom is -0.497 e. The average molecular weight is 349 g/mol. The van der Waals surface area contributed by atoms with Crippen molar-refractivity contribution in [1.82, 2.24) is 5.32 Å². The van der Waals surface area contributed by atoms with Gasteiger partial charge in [0.2, 0.25) is 0 Å². The van der Waals surface area contributed by atoms with Gasteiger partial charge < -0.3 is 20.1 Å². The molecule has 1 unspecified atom stereocenters. The van der Waals surface area contributed by atoms with Gasteiger partial charge in [0, 0.05) is 6.04 Å². The van der Waals surface area contributed by atoms with E-state index in [4.69, 9.17) is 21.1 Å². The number of anilines is 1. The maximum Gasteiger partial charge on any atom is 0.319 e. The van der Waals surface area contributed by atoms with E-state index in [1.165, 1.54) is 7.11 Å². The Morgan fingerprint density at radius 3 is 2.62 bits per heavy atom. The van der Waals surface area contributed by atoms with Crippen LogP contribution in [0.15, 0.2) is 42.5 Å². The van der Waals surface area contributed by atoms with Crippen molar-refractivity contribution in [3.8, 4) is 11.5 Å². The fourth-order valence-electron chi connectivity index (χ4n) is 2.40. The number of ether oxygens (including phenoxy) is 2. The number of rotatable bonds is 6. The molecule has 0 aliphatic rings. The number of amides is 2. The molecule has 2 aromatic rings. The minimum absolute atomic E-state index is 0.0534. The molecule has 128 valence electrons. The van der Waals surface area contributed by atoms with Crippen molar-refractivity contribution in [3.05, 3.63) is 53.1 Å². The highest BCUT2D eigenvalue weighted by atomic mass is 35.5. The first-order valence-corrected chi connectivity index (χ1v) is 7.94. The fourth-order valence-corrected chi connectivity index (χ4v) is 2.65. The van der Waals surface area contributed by atoms with Gasteiger partial charge in [-0.15, -0.1) is 0 Å². The van der Waals surface area contributed by atoms with Crippen molar-refractivity contribution in [3.63, 3.8) is 0 Å².